The van der Waals surface area contributed by atoms with Crippen molar-refractivity contribution >= 4 is 45.7 Å². The highest BCUT2D eigenvalue weighted by Crippen LogP contribution is 2.30. The molecule has 0 saturated heterocycles. The fraction of sp³-hybridized carbons (Fsp3) is 0.238. The van der Waals surface area contributed by atoms with E-state index in [1.54, 1.807) is 30.3 Å². The number of aromatic nitrogens is 2. The van der Waals surface area contributed by atoms with Crippen LogP contribution in [0.2, 0.25) is 0 Å². The van der Waals surface area contributed by atoms with E-state index in [2.05, 4.69) is 20.8 Å². The van der Waals surface area contributed by atoms with Crippen LogP contribution in [0, 0.1) is 0 Å². The van der Waals surface area contributed by atoms with Crippen molar-refractivity contribution in [2.24, 2.45) is 0 Å². The van der Waals surface area contributed by atoms with Crippen LogP contribution in [0.25, 0.3) is 0 Å². The summed E-state index contributed by atoms with van der Waals surface area (Å²) in [4.78, 5) is 24.8. The first-order valence-corrected chi connectivity index (χ1v) is 11.4. The average Bonchev–Trinajstić information content (AvgIpc) is 3.26. The number of methoxy groups -OCH3 is 2. The maximum Gasteiger partial charge on any atom is 0.257 e. The highest BCUT2D eigenvalue weighted by molar-refractivity contribution is 8.01. The Balaban J connectivity index is 1.55. The molecule has 0 fully saturated rings. The Labute approximate surface area is 193 Å². The van der Waals surface area contributed by atoms with Crippen LogP contribution >= 0.6 is 23.1 Å². The molecule has 1 heterocycles. The number of para-hydroxylation sites is 2. The molecule has 0 bridgehead atoms. The summed E-state index contributed by atoms with van der Waals surface area (Å²) in [5.74, 6) is 1.17. The van der Waals surface area contributed by atoms with Crippen LogP contribution in [0.4, 0.5) is 10.8 Å². The number of carbonyl (C=O) groups is 2. The van der Waals surface area contributed by atoms with E-state index < -0.39 is 0 Å². The number of benzene rings is 2. The number of anilines is 2. The van der Waals surface area contributed by atoms with E-state index in [1.807, 2.05) is 19.1 Å². The zero-order chi connectivity index (χ0) is 22.9. The average molecular weight is 475 g/mol. The minimum atomic E-state index is -0.357. The Morgan fingerprint density at radius 2 is 1.78 bits per heavy atom. The number of ether oxygens (including phenoxy) is 3. The van der Waals surface area contributed by atoms with Crippen LogP contribution < -0.4 is 24.8 Å². The molecule has 168 valence electrons. The summed E-state index contributed by atoms with van der Waals surface area (Å²) in [6.07, 6.45) is 0. The van der Waals surface area contributed by atoms with E-state index in [0.717, 1.165) is 0 Å². The minimum Gasteiger partial charge on any atom is -0.493 e. The molecule has 3 rings (SSSR count). The molecule has 0 unspecified atom stereocenters. The molecule has 2 aromatic carbocycles. The van der Waals surface area contributed by atoms with Gasteiger partial charge in [0, 0.05) is 5.56 Å². The molecule has 0 atom stereocenters. The SMILES string of the molecule is CCOc1ccccc1NC(=O)CSc1nnc(NC(=O)c2ccc(OC)c(OC)c2)s1. The first-order valence-electron chi connectivity index (χ1n) is 9.55. The normalized spacial score (nSPS) is 10.3. The summed E-state index contributed by atoms with van der Waals surface area (Å²) in [6.45, 7) is 2.38. The van der Waals surface area contributed by atoms with E-state index >= 15 is 0 Å². The second kappa shape index (κ2) is 11.3. The predicted octanol–water partition coefficient (Wildman–Crippen LogP) is 3.94. The number of amides is 2. The van der Waals surface area contributed by atoms with Gasteiger partial charge in [-0.1, -0.05) is 35.2 Å². The second-order valence-electron chi connectivity index (χ2n) is 6.16. The van der Waals surface area contributed by atoms with Crippen molar-refractivity contribution in [1.82, 2.24) is 10.2 Å². The molecule has 0 spiro atoms. The largest absolute Gasteiger partial charge is 0.493 e. The molecule has 1 aromatic heterocycles. The van der Waals surface area contributed by atoms with Crippen molar-refractivity contribution in [3.05, 3.63) is 48.0 Å². The number of carbonyl (C=O) groups excluding carboxylic acids is 2. The fourth-order valence-corrected chi connectivity index (χ4v) is 4.18. The van der Waals surface area contributed by atoms with Gasteiger partial charge < -0.3 is 19.5 Å². The zero-order valence-corrected chi connectivity index (χ0v) is 19.3. The van der Waals surface area contributed by atoms with Gasteiger partial charge in [-0.25, -0.2) is 0 Å². The standard InChI is InChI=1S/C21H22N4O5S2/c1-4-30-15-8-6-5-7-14(15)22-18(26)12-31-21-25-24-20(32-21)23-19(27)13-9-10-16(28-2)17(11-13)29-3/h5-11H,4,12H2,1-3H3,(H,22,26)(H,23,24,27). The molecule has 0 saturated carbocycles. The summed E-state index contributed by atoms with van der Waals surface area (Å²) < 4.78 is 16.5. The molecular formula is C21H22N4O5S2. The van der Waals surface area contributed by atoms with Gasteiger partial charge >= 0.3 is 0 Å². The Kier molecular flexibility index (Phi) is 8.28. The zero-order valence-electron chi connectivity index (χ0n) is 17.7. The van der Waals surface area contributed by atoms with Crippen molar-refractivity contribution in [1.29, 1.82) is 0 Å². The smallest absolute Gasteiger partial charge is 0.257 e. The summed E-state index contributed by atoms with van der Waals surface area (Å²) >= 11 is 2.41. The van der Waals surface area contributed by atoms with Crippen molar-refractivity contribution in [2.75, 3.05) is 37.2 Å². The van der Waals surface area contributed by atoms with Crippen LogP contribution in [0.15, 0.2) is 46.8 Å². The molecule has 2 amide bonds. The van der Waals surface area contributed by atoms with Crippen molar-refractivity contribution < 1.29 is 23.8 Å². The van der Waals surface area contributed by atoms with Gasteiger partial charge in [-0.2, -0.15) is 0 Å². The van der Waals surface area contributed by atoms with Crippen LogP contribution in [-0.2, 0) is 4.79 Å². The van der Waals surface area contributed by atoms with Crippen LogP contribution in [0.3, 0.4) is 0 Å². The van der Waals surface area contributed by atoms with E-state index in [9.17, 15) is 9.59 Å². The molecule has 0 aliphatic heterocycles. The summed E-state index contributed by atoms with van der Waals surface area (Å²) in [6, 6.07) is 12.1. The van der Waals surface area contributed by atoms with Crippen LogP contribution in [-0.4, -0.2) is 48.6 Å². The molecular weight excluding hydrogens is 452 g/mol. The lowest BCUT2D eigenvalue weighted by atomic mass is 10.2. The molecule has 0 aliphatic rings. The van der Waals surface area contributed by atoms with Gasteiger partial charge in [0.05, 0.1) is 32.3 Å². The Morgan fingerprint density at radius 1 is 1.00 bits per heavy atom. The van der Waals surface area contributed by atoms with Gasteiger partial charge in [0.1, 0.15) is 5.75 Å². The number of thioether (sulfide) groups is 1. The van der Waals surface area contributed by atoms with Crippen molar-refractivity contribution in [3.8, 4) is 17.2 Å². The highest BCUT2D eigenvalue weighted by Gasteiger charge is 2.15. The maximum absolute atomic E-state index is 12.5. The van der Waals surface area contributed by atoms with E-state index in [4.69, 9.17) is 14.2 Å². The molecule has 32 heavy (non-hydrogen) atoms. The topological polar surface area (TPSA) is 112 Å². The van der Waals surface area contributed by atoms with Gasteiger partial charge in [0.15, 0.2) is 15.8 Å². The first kappa shape index (κ1) is 23.4. The van der Waals surface area contributed by atoms with E-state index in [0.29, 0.717) is 44.6 Å². The summed E-state index contributed by atoms with van der Waals surface area (Å²) in [5.41, 5.74) is 1.000. The quantitative estimate of drug-likeness (QED) is 0.336. The molecule has 0 radical (unpaired) electrons. The molecule has 3 aromatic rings. The fourth-order valence-electron chi connectivity index (χ4n) is 2.63. The number of nitrogens with one attached hydrogen (secondary N) is 2. The third-order valence-corrected chi connectivity index (χ3v) is 6.03. The molecule has 9 nitrogen and oxygen atoms in total. The molecule has 11 heteroatoms. The third-order valence-electron chi connectivity index (χ3n) is 4.06. The maximum atomic E-state index is 12.5. The molecule has 0 aliphatic carbocycles. The van der Waals surface area contributed by atoms with Crippen molar-refractivity contribution in [2.45, 2.75) is 11.3 Å². The first-order chi connectivity index (χ1) is 15.5. The van der Waals surface area contributed by atoms with Gasteiger partial charge in [-0.15, -0.1) is 10.2 Å². The summed E-state index contributed by atoms with van der Waals surface area (Å²) in [5, 5.41) is 13.8. The minimum absolute atomic E-state index is 0.138. The van der Waals surface area contributed by atoms with Gasteiger partial charge in [-0.05, 0) is 37.3 Å². The third kappa shape index (κ3) is 6.11. The number of hydrogen-bond acceptors (Lipinski definition) is 9. The van der Waals surface area contributed by atoms with Gasteiger partial charge in [0.2, 0.25) is 11.0 Å². The van der Waals surface area contributed by atoms with Crippen LogP contribution in [0.5, 0.6) is 17.2 Å². The lowest BCUT2D eigenvalue weighted by molar-refractivity contribution is -0.113. The lowest BCUT2D eigenvalue weighted by Crippen LogP contribution is -2.14. The second-order valence-corrected chi connectivity index (χ2v) is 8.36. The van der Waals surface area contributed by atoms with E-state index in [1.165, 1.54) is 37.3 Å². The van der Waals surface area contributed by atoms with Gasteiger partial charge in [-0.3, -0.25) is 14.9 Å². The summed E-state index contributed by atoms with van der Waals surface area (Å²) in [7, 11) is 3.02. The highest BCUT2D eigenvalue weighted by atomic mass is 32.2. The lowest BCUT2D eigenvalue weighted by Gasteiger charge is -2.10. The Morgan fingerprint density at radius 3 is 2.53 bits per heavy atom. The number of hydrogen-bond donors (Lipinski definition) is 2. The van der Waals surface area contributed by atoms with E-state index in [-0.39, 0.29) is 17.6 Å². The van der Waals surface area contributed by atoms with Crippen molar-refractivity contribution in [3.63, 3.8) is 0 Å². The number of nitrogens with zero attached hydrogens (tertiary/aromatic N) is 2. The Bertz CT molecular complexity index is 1090. The monoisotopic (exact) mass is 474 g/mol. The van der Waals surface area contributed by atoms with Gasteiger partial charge in [0.25, 0.3) is 5.91 Å². The number of rotatable bonds is 10. The van der Waals surface area contributed by atoms with Crippen LogP contribution in [0.1, 0.15) is 17.3 Å². The predicted molar refractivity (Wildman–Crippen MR) is 124 cm³/mol. The Hall–Kier alpha value is -3.31. The molecule has 2 N–H and O–H groups in total.